The minimum atomic E-state index is -0.697. The molecule has 0 bridgehead atoms. The van der Waals surface area contributed by atoms with Gasteiger partial charge in [0.1, 0.15) is 12.4 Å². The Balaban J connectivity index is 2.86. The third-order valence-corrected chi connectivity index (χ3v) is 3.93. The van der Waals surface area contributed by atoms with Crippen LogP contribution in [0.5, 0.6) is 5.75 Å². The first-order valence-corrected chi connectivity index (χ1v) is 7.74. The standard InChI is InChI=1S/C14H19Br2NO3/c1-14(2,13(18)19-4)8-20-12-10(15)5-9(7-17-3)6-11(12)16/h5-6,17H,7-8H2,1-4H3. The Kier molecular flexibility index (Phi) is 6.48. The van der Waals surface area contributed by atoms with Crippen molar-refractivity contribution in [1.82, 2.24) is 5.32 Å². The van der Waals surface area contributed by atoms with Gasteiger partial charge in [-0.1, -0.05) is 0 Å². The van der Waals surface area contributed by atoms with Crippen LogP contribution in [0.2, 0.25) is 0 Å². The molecule has 112 valence electrons. The lowest BCUT2D eigenvalue weighted by atomic mass is 9.95. The van der Waals surface area contributed by atoms with Crippen molar-refractivity contribution < 1.29 is 14.3 Å². The Hall–Kier alpha value is -0.590. The van der Waals surface area contributed by atoms with Crippen molar-refractivity contribution in [2.75, 3.05) is 20.8 Å². The number of ether oxygens (including phenoxy) is 2. The Bertz CT molecular complexity index is 466. The summed E-state index contributed by atoms with van der Waals surface area (Å²) in [4.78, 5) is 11.6. The zero-order valence-corrected chi connectivity index (χ0v) is 15.2. The molecule has 0 aliphatic heterocycles. The maximum absolute atomic E-state index is 11.6. The van der Waals surface area contributed by atoms with Gasteiger partial charge >= 0.3 is 5.97 Å². The number of hydrogen-bond donors (Lipinski definition) is 1. The van der Waals surface area contributed by atoms with Gasteiger partial charge in [-0.25, -0.2) is 0 Å². The molecule has 0 heterocycles. The highest BCUT2D eigenvalue weighted by atomic mass is 79.9. The first-order valence-electron chi connectivity index (χ1n) is 6.15. The lowest BCUT2D eigenvalue weighted by Crippen LogP contribution is -2.32. The predicted octanol–water partition coefficient (Wildman–Crippen LogP) is 3.51. The van der Waals surface area contributed by atoms with Gasteiger partial charge in [0.25, 0.3) is 0 Å². The van der Waals surface area contributed by atoms with Gasteiger partial charge in [-0.3, -0.25) is 4.79 Å². The molecule has 0 saturated heterocycles. The van der Waals surface area contributed by atoms with E-state index in [4.69, 9.17) is 9.47 Å². The van der Waals surface area contributed by atoms with E-state index in [0.717, 1.165) is 21.1 Å². The average Bonchev–Trinajstić information content (AvgIpc) is 2.37. The van der Waals surface area contributed by atoms with Crippen molar-refractivity contribution in [2.24, 2.45) is 5.41 Å². The molecule has 0 fully saturated rings. The third kappa shape index (κ3) is 4.46. The van der Waals surface area contributed by atoms with Crippen molar-refractivity contribution in [2.45, 2.75) is 20.4 Å². The summed E-state index contributed by atoms with van der Waals surface area (Å²) in [5, 5.41) is 3.09. The van der Waals surface area contributed by atoms with E-state index in [9.17, 15) is 4.79 Å². The molecule has 0 radical (unpaired) electrons. The van der Waals surface area contributed by atoms with Crippen LogP contribution in [0, 0.1) is 5.41 Å². The molecular formula is C14H19Br2NO3. The first-order chi connectivity index (χ1) is 9.31. The maximum atomic E-state index is 11.6. The Morgan fingerprint density at radius 1 is 1.30 bits per heavy atom. The lowest BCUT2D eigenvalue weighted by Gasteiger charge is -2.22. The minimum Gasteiger partial charge on any atom is -0.490 e. The first kappa shape index (κ1) is 17.5. The molecular weight excluding hydrogens is 390 g/mol. The molecule has 1 aromatic rings. The highest BCUT2D eigenvalue weighted by Gasteiger charge is 2.30. The summed E-state index contributed by atoms with van der Waals surface area (Å²) < 4.78 is 12.2. The Labute approximate surface area is 136 Å². The SMILES string of the molecule is CNCc1cc(Br)c(OCC(C)(C)C(=O)OC)c(Br)c1. The fraction of sp³-hybridized carbons (Fsp3) is 0.500. The smallest absolute Gasteiger partial charge is 0.314 e. The van der Waals surface area contributed by atoms with Gasteiger partial charge in [0.2, 0.25) is 0 Å². The van der Waals surface area contributed by atoms with Gasteiger partial charge in [0.05, 0.1) is 21.5 Å². The lowest BCUT2D eigenvalue weighted by molar-refractivity contribution is -0.152. The molecule has 6 heteroatoms. The zero-order chi connectivity index (χ0) is 15.3. The number of carbonyl (C=O) groups excluding carboxylic acids is 1. The highest BCUT2D eigenvalue weighted by molar-refractivity contribution is 9.11. The zero-order valence-electron chi connectivity index (χ0n) is 12.0. The topological polar surface area (TPSA) is 47.6 Å². The second-order valence-corrected chi connectivity index (χ2v) is 6.79. The van der Waals surface area contributed by atoms with Crippen molar-refractivity contribution in [3.05, 3.63) is 26.6 Å². The van der Waals surface area contributed by atoms with E-state index in [-0.39, 0.29) is 12.6 Å². The molecule has 0 atom stereocenters. The summed E-state index contributed by atoms with van der Waals surface area (Å²) in [6, 6.07) is 3.98. The van der Waals surface area contributed by atoms with E-state index in [1.807, 2.05) is 19.2 Å². The van der Waals surface area contributed by atoms with Crippen molar-refractivity contribution in [1.29, 1.82) is 0 Å². The van der Waals surface area contributed by atoms with E-state index in [1.54, 1.807) is 13.8 Å². The molecule has 1 N–H and O–H groups in total. The molecule has 0 saturated carbocycles. The van der Waals surface area contributed by atoms with Crippen molar-refractivity contribution in [3.8, 4) is 5.75 Å². The van der Waals surface area contributed by atoms with E-state index < -0.39 is 5.41 Å². The molecule has 20 heavy (non-hydrogen) atoms. The number of halogens is 2. The molecule has 0 amide bonds. The van der Waals surface area contributed by atoms with Crippen LogP contribution in [0.1, 0.15) is 19.4 Å². The van der Waals surface area contributed by atoms with E-state index in [1.165, 1.54) is 7.11 Å². The van der Waals surface area contributed by atoms with Crippen LogP contribution in [0.3, 0.4) is 0 Å². The summed E-state index contributed by atoms with van der Waals surface area (Å²) in [6.45, 7) is 4.58. The molecule has 4 nitrogen and oxygen atoms in total. The highest BCUT2D eigenvalue weighted by Crippen LogP contribution is 2.36. The summed E-state index contributed by atoms with van der Waals surface area (Å²) in [6.07, 6.45) is 0. The fourth-order valence-electron chi connectivity index (χ4n) is 1.64. The van der Waals surface area contributed by atoms with Gasteiger partial charge in [-0.15, -0.1) is 0 Å². The molecule has 1 aromatic carbocycles. The maximum Gasteiger partial charge on any atom is 0.314 e. The van der Waals surface area contributed by atoms with Crippen LogP contribution in [-0.4, -0.2) is 26.7 Å². The number of hydrogen-bond acceptors (Lipinski definition) is 4. The monoisotopic (exact) mass is 407 g/mol. The van der Waals surface area contributed by atoms with Crippen LogP contribution >= 0.6 is 31.9 Å². The molecule has 0 aromatic heterocycles. The largest absolute Gasteiger partial charge is 0.490 e. The molecule has 0 aliphatic carbocycles. The van der Waals surface area contributed by atoms with Crippen LogP contribution in [0.15, 0.2) is 21.1 Å². The average molecular weight is 409 g/mol. The van der Waals surface area contributed by atoms with Gasteiger partial charge in [-0.2, -0.15) is 0 Å². The van der Waals surface area contributed by atoms with E-state index in [2.05, 4.69) is 37.2 Å². The fourth-order valence-corrected chi connectivity index (χ4v) is 3.15. The number of rotatable bonds is 6. The van der Waals surface area contributed by atoms with E-state index >= 15 is 0 Å². The second-order valence-electron chi connectivity index (χ2n) is 5.08. The number of methoxy groups -OCH3 is 1. The molecule has 1 rings (SSSR count). The van der Waals surface area contributed by atoms with Crippen LogP contribution < -0.4 is 10.1 Å². The van der Waals surface area contributed by atoms with Crippen LogP contribution in [-0.2, 0) is 16.1 Å². The second kappa shape index (κ2) is 7.43. The predicted molar refractivity (Wildman–Crippen MR) is 85.9 cm³/mol. The molecule has 0 spiro atoms. The third-order valence-electron chi connectivity index (χ3n) is 2.75. The number of esters is 1. The van der Waals surface area contributed by atoms with Crippen molar-refractivity contribution in [3.63, 3.8) is 0 Å². The van der Waals surface area contributed by atoms with Gasteiger partial charge in [0.15, 0.2) is 0 Å². The van der Waals surface area contributed by atoms with Gasteiger partial charge in [-0.05, 0) is 70.5 Å². The minimum absolute atomic E-state index is 0.238. The van der Waals surface area contributed by atoms with Crippen LogP contribution in [0.4, 0.5) is 0 Å². The van der Waals surface area contributed by atoms with Gasteiger partial charge in [0, 0.05) is 6.54 Å². The Morgan fingerprint density at radius 3 is 2.30 bits per heavy atom. The summed E-state index contributed by atoms with van der Waals surface area (Å²) in [7, 11) is 3.27. The van der Waals surface area contributed by atoms with Crippen molar-refractivity contribution >= 4 is 37.8 Å². The molecule has 0 aliphatic rings. The number of carbonyl (C=O) groups is 1. The summed E-state index contributed by atoms with van der Waals surface area (Å²) >= 11 is 6.98. The van der Waals surface area contributed by atoms with E-state index in [0.29, 0.717) is 5.75 Å². The quantitative estimate of drug-likeness (QED) is 0.731. The number of benzene rings is 1. The van der Waals surface area contributed by atoms with Crippen LogP contribution in [0.25, 0.3) is 0 Å². The van der Waals surface area contributed by atoms with Gasteiger partial charge < -0.3 is 14.8 Å². The molecule has 0 unspecified atom stereocenters. The Morgan fingerprint density at radius 2 is 1.85 bits per heavy atom. The normalized spacial score (nSPS) is 11.3. The summed E-state index contributed by atoms with van der Waals surface area (Å²) in [5.74, 6) is 0.387. The number of nitrogens with one attached hydrogen (secondary N) is 1. The summed E-state index contributed by atoms with van der Waals surface area (Å²) in [5.41, 5.74) is 0.433.